The molecule has 18 heavy (non-hydrogen) atoms. The zero-order chi connectivity index (χ0) is 13.0. The Bertz CT molecular complexity index is 410. The predicted molar refractivity (Wildman–Crippen MR) is 76.9 cm³/mol. The van der Waals surface area contributed by atoms with Crippen molar-refractivity contribution in [3.05, 3.63) is 46.1 Å². The molecule has 0 radical (unpaired) electrons. The fourth-order valence-corrected chi connectivity index (χ4v) is 2.69. The van der Waals surface area contributed by atoms with Gasteiger partial charge in [-0.2, -0.15) is 0 Å². The lowest BCUT2D eigenvalue weighted by molar-refractivity contribution is 0.0761. The normalized spacial score (nSPS) is 25.5. The van der Waals surface area contributed by atoms with Crippen LogP contribution in [0.4, 0.5) is 0 Å². The van der Waals surface area contributed by atoms with E-state index in [4.69, 9.17) is 27.9 Å². The molecule has 1 aliphatic rings. The summed E-state index contributed by atoms with van der Waals surface area (Å²) < 4.78 is 5.83. The van der Waals surface area contributed by atoms with Crippen molar-refractivity contribution in [3.8, 4) is 0 Å². The average Bonchev–Trinajstić information content (AvgIpc) is 2.40. The van der Waals surface area contributed by atoms with Crippen LogP contribution < -0.4 is 0 Å². The zero-order valence-electron chi connectivity index (χ0n) is 10.5. The molecule has 0 saturated heterocycles. The minimum absolute atomic E-state index is 0.141. The molecule has 98 valence electrons. The van der Waals surface area contributed by atoms with Gasteiger partial charge in [0.1, 0.15) is 6.10 Å². The molecular formula is C15H18Cl2O. The van der Waals surface area contributed by atoms with Crippen molar-refractivity contribution in [3.63, 3.8) is 0 Å². The van der Waals surface area contributed by atoms with Crippen molar-refractivity contribution in [1.29, 1.82) is 0 Å². The Morgan fingerprint density at radius 2 is 1.78 bits per heavy atom. The second-order valence-electron chi connectivity index (χ2n) is 4.77. The standard InChI is InChI=1S/C15H18Cl2O/c1-11(16)15(17)18-14-10-6-5-9-13(14)12-7-3-2-4-8-12/h2-4,7-8,13-14H,5-6,9-10H2,1H3/b15-11-/t13-,14+/m1/s1. The number of rotatable bonds is 3. The smallest absolute Gasteiger partial charge is 0.201 e. The van der Waals surface area contributed by atoms with Gasteiger partial charge in [0, 0.05) is 5.92 Å². The lowest BCUT2D eigenvalue weighted by Gasteiger charge is -2.32. The Morgan fingerprint density at radius 3 is 2.44 bits per heavy atom. The Morgan fingerprint density at radius 1 is 1.11 bits per heavy atom. The molecule has 1 aliphatic carbocycles. The van der Waals surface area contributed by atoms with Crippen LogP contribution in [0.1, 0.15) is 44.1 Å². The van der Waals surface area contributed by atoms with Gasteiger partial charge >= 0.3 is 0 Å². The van der Waals surface area contributed by atoms with Crippen LogP contribution in [-0.2, 0) is 4.74 Å². The molecule has 1 fully saturated rings. The summed E-state index contributed by atoms with van der Waals surface area (Å²) in [5.41, 5.74) is 1.33. The van der Waals surface area contributed by atoms with Crippen molar-refractivity contribution in [1.82, 2.24) is 0 Å². The average molecular weight is 285 g/mol. The third kappa shape index (κ3) is 3.43. The van der Waals surface area contributed by atoms with Crippen molar-refractivity contribution in [2.75, 3.05) is 0 Å². The molecule has 3 heteroatoms. The highest BCUT2D eigenvalue weighted by atomic mass is 35.5. The van der Waals surface area contributed by atoms with Gasteiger partial charge in [0.2, 0.25) is 5.22 Å². The molecule has 1 aromatic rings. The molecule has 0 aromatic heterocycles. The quantitative estimate of drug-likeness (QED) is 0.676. The van der Waals surface area contributed by atoms with Gasteiger partial charge in [0.05, 0.1) is 5.03 Å². The largest absolute Gasteiger partial charge is 0.478 e. The van der Waals surface area contributed by atoms with Gasteiger partial charge in [-0.3, -0.25) is 0 Å². The monoisotopic (exact) mass is 284 g/mol. The summed E-state index contributed by atoms with van der Waals surface area (Å²) in [5, 5.41) is 0.860. The number of benzene rings is 1. The first-order valence-electron chi connectivity index (χ1n) is 6.42. The topological polar surface area (TPSA) is 9.23 Å². The molecule has 0 spiro atoms. The van der Waals surface area contributed by atoms with E-state index in [0.29, 0.717) is 16.2 Å². The van der Waals surface area contributed by atoms with Crippen molar-refractivity contribution < 1.29 is 4.74 Å². The molecule has 0 bridgehead atoms. The number of halogens is 2. The number of hydrogen-bond acceptors (Lipinski definition) is 1. The van der Waals surface area contributed by atoms with Crippen LogP contribution in [0.5, 0.6) is 0 Å². The van der Waals surface area contributed by atoms with E-state index in [1.807, 2.05) is 6.07 Å². The molecule has 0 unspecified atom stereocenters. The van der Waals surface area contributed by atoms with Crippen LogP contribution in [0.2, 0.25) is 0 Å². The van der Waals surface area contributed by atoms with Crippen LogP contribution in [-0.4, -0.2) is 6.10 Å². The Hall–Kier alpha value is -0.660. The van der Waals surface area contributed by atoms with Crippen molar-refractivity contribution >= 4 is 23.2 Å². The molecule has 1 aromatic carbocycles. The third-order valence-corrected chi connectivity index (χ3v) is 4.10. The summed E-state index contributed by atoms with van der Waals surface area (Å²) in [4.78, 5) is 0. The molecule has 1 saturated carbocycles. The fourth-order valence-electron chi connectivity index (χ4n) is 2.53. The number of hydrogen-bond donors (Lipinski definition) is 0. The zero-order valence-corrected chi connectivity index (χ0v) is 12.0. The van der Waals surface area contributed by atoms with E-state index in [0.717, 1.165) is 12.8 Å². The van der Waals surface area contributed by atoms with E-state index in [2.05, 4.69) is 24.3 Å². The van der Waals surface area contributed by atoms with E-state index in [-0.39, 0.29) is 6.10 Å². The van der Waals surface area contributed by atoms with Crippen molar-refractivity contribution in [2.45, 2.75) is 44.6 Å². The highest BCUT2D eigenvalue weighted by Crippen LogP contribution is 2.36. The van der Waals surface area contributed by atoms with Gasteiger partial charge in [-0.15, -0.1) is 0 Å². The third-order valence-electron chi connectivity index (χ3n) is 3.46. The minimum Gasteiger partial charge on any atom is -0.478 e. The number of ether oxygens (including phenoxy) is 1. The summed E-state index contributed by atoms with van der Waals surface area (Å²) in [6.07, 6.45) is 4.78. The molecule has 0 N–H and O–H groups in total. The molecular weight excluding hydrogens is 267 g/mol. The van der Waals surface area contributed by atoms with E-state index in [9.17, 15) is 0 Å². The van der Waals surface area contributed by atoms with Crippen LogP contribution in [0.15, 0.2) is 40.6 Å². The second-order valence-corrected chi connectivity index (χ2v) is 5.68. The van der Waals surface area contributed by atoms with E-state index in [1.54, 1.807) is 6.92 Å². The van der Waals surface area contributed by atoms with E-state index in [1.165, 1.54) is 18.4 Å². The second kappa shape index (κ2) is 6.49. The Labute approximate surface area is 119 Å². The SMILES string of the molecule is C/C(Cl)=C(\Cl)O[C@H]1CCCC[C@@H]1c1ccccc1. The Kier molecular flexibility index (Phi) is 4.96. The molecule has 1 nitrogen and oxygen atoms in total. The van der Waals surface area contributed by atoms with Gasteiger partial charge in [0.15, 0.2) is 0 Å². The van der Waals surface area contributed by atoms with Gasteiger partial charge in [-0.1, -0.05) is 48.4 Å². The lowest BCUT2D eigenvalue weighted by atomic mass is 9.81. The van der Waals surface area contributed by atoms with Crippen LogP contribution >= 0.6 is 23.2 Å². The highest BCUT2D eigenvalue weighted by molar-refractivity contribution is 6.38. The minimum atomic E-state index is 0.141. The summed E-state index contributed by atoms with van der Waals surface area (Å²) in [6.45, 7) is 1.75. The van der Waals surface area contributed by atoms with E-state index < -0.39 is 0 Å². The highest BCUT2D eigenvalue weighted by Gasteiger charge is 2.28. The molecule has 0 aliphatic heterocycles. The van der Waals surface area contributed by atoms with E-state index >= 15 is 0 Å². The first-order chi connectivity index (χ1) is 8.68. The lowest BCUT2D eigenvalue weighted by Crippen LogP contribution is -2.25. The fraction of sp³-hybridized carbons (Fsp3) is 0.467. The van der Waals surface area contributed by atoms with Gasteiger partial charge in [-0.25, -0.2) is 0 Å². The first kappa shape index (κ1) is 13.8. The van der Waals surface area contributed by atoms with Gasteiger partial charge in [-0.05, 0) is 43.4 Å². The molecule has 2 atom stereocenters. The number of allylic oxidation sites excluding steroid dienone is 1. The molecule has 2 rings (SSSR count). The maximum atomic E-state index is 6.03. The summed E-state index contributed by atoms with van der Waals surface area (Å²) in [7, 11) is 0. The van der Waals surface area contributed by atoms with Crippen LogP contribution in [0.25, 0.3) is 0 Å². The van der Waals surface area contributed by atoms with Crippen molar-refractivity contribution in [2.24, 2.45) is 0 Å². The predicted octanol–water partition coefficient (Wildman–Crippen LogP) is 5.40. The van der Waals surface area contributed by atoms with Crippen LogP contribution in [0, 0.1) is 0 Å². The van der Waals surface area contributed by atoms with Gasteiger partial charge in [0.25, 0.3) is 0 Å². The molecule has 0 amide bonds. The summed E-state index contributed by atoms with van der Waals surface area (Å²) >= 11 is 11.9. The first-order valence-corrected chi connectivity index (χ1v) is 7.17. The molecule has 0 heterocycles. The maximum Gasteiger partial charge on any atom is 0.201 e. The van der Waals surface area contributed by atoms with Gasteiger partial charge < -0.3 is 4.74 Å². The van der Waals surface area contributed by atoms with Crippen LogP contribution in [0.3, 0.4) is 0 Å². The summed E-state index contributed by atoms with van der Waals surface area (Å²) in [6, 6.07) is 10.5. The summed E-state index contributed by atoms with van der Waals surface area (Å²) in [5.74, 6) is 0.421. The maximum absolute atomic E-state index is 6.03. The Balaban J connectivity index is 2.14.